The zero-order valence-electron chi connectivity index (χ0n) is 11.7. The minimum atomic E-state index is 0.123. The maximum Gasteiger partial charge on any atom is 0.188 e. The van der Waals surface area contributed by atoms with Gasteiger partial charge in [0.25, 0.3) is 0 Å². The SMILES string of the molecule is N=C(N)N1CCc2nc(NCc3ccccn3)ccc2C1. The normalized spacial score (nSPS) is 13.6. The summed E-state index contributed by atoms with van der Waals surface area (Å²) in [7, 11) is 0. The third-order valence-electron chi connectivity index (χ3n) is 3.57. The van der Waals surface area contributed by atoms with Crippen LogP contribution in [-0.2, 0) is 19.5 Å². The molecule has 3 rings (SSSR count). The van der Waals surface area contributed by atoms with Gasteiger partial charge in [0.05, 0.1) is 12.2 Å². The van der Waals surface area contributed by atoms with Crippen LogP contribution in [0, 0.1) is 5.41 Å². The topological polar surface area (TPSA) is 90.9 Å². The van der Waals surface area contributed by atoms with Gasteiger partial charge in [-0.2, -0.15) is 0 Å². The number of nitrogens with one attached hydrogen (secondary N) is 2. The summed E-state index contributed by atoms with van der Waals surface area (Å²) in [6, 6.07) is 9.88. The predicted molar refractivity (Wildman–Crippen MR) is 81.8 cm³/mol. The summed E-state index contributed by atoms with van der Waals surface area (Å²) in [5, 5.41) is 10.8. The first-order valence-electron chi connectivity index (χ1n) is 6.94. The molecule has 2 aromatic rings. The first kappa shape index (κ1) is 13.4. The Labute approximate surface area is 123 Å². The quantitative estimate of drug-likeness (QED) is 0.584. The molecule has 1 aliphatic rings. The van der Waals surface area contributed by atoms with E-state index in [0.717, 1.165) is 35.7 Å². The number of anilines is 1. The number of hydrogen-bond acceptors (Lipinski definition) is 4. The second kappa shape index (κ2) is 5.78. The van der Waals surface area contributed by atoms with E-state index in [4.69, 9.17) is 11.1 Å². The summed E-state index contributed by atoms with van der Waals surface area (Å²) in [6.45, 7) is 2.07. The molecular weight excluding hydrogens is 264 g/mol. The van der Waals surface area contributed by atoms with Crippen molar-refractivity contribution in [2.45, 2.75) is 19.5 Å². The van der Waals surface area contributed by atoms with E-state index in [1.807, 2.05) is 29.2 Å². The van der Waals surface area contributed by atoms with Crippen molar-refractivity contribution in [3.8, 4) is 0 Å². The highest BCUT2D eigenvalue weighted by atomic mass is 15.2. The molecule has 108 valence electrons. The molecule has 21 heavy (non-hydrogen) atoms. The monoisotopic (exact) mass is 282 g/mol. The van der Waals surface area contributed by atoms with E-state index in [1.54, 1.807) is 6.20 Å². The number of guanidine groups is 1. The third kappa shape index (κ3) is 3.10. The molecule has 0 bridgehead atoms. The van der Waals surface area contributed by atoms with E-state index in [2.05, 4.69) is 21.4 Å². The van der Waals surface area contributed by atoms with Crippen LogP contribution >= 0.6 is 0 Å². The van der Waals surface area contributed by atoms with Gasteiger partial charge in [0, 0.05) is 31.4 Å². The van der Waals surface area contributed by atoms with Gasteiger partial charge < -0.3 is 16.0 Å². The molecule has 0 saturated carbocycles. The highest BCUT2D eigenvalue weighted by molar-refractivity contribution is 5.74. The molecule has 4 N–H and O–H groups in total. The minimum Gasteiger partial charge on any atom is -0.370 e. The lowest BCUT2D eigenvalue weighted by molar-refractivity contribution is 0.383. The maximum absolute atomic E-state index is 7.50. The summed E-state index contributed by atoms with van der Waals surface area (Å²) in [5.74, 6) is 0.980. The Morgan fingerprint density at radius 2 is 2.24 bits per heavy atom. The molecule has 0 unspecified atom stereocenters. The Kier molecular flexibility index (Phi) is 3.68. The predicted octanol–water partition coefficient (Wildman–Crippen LogP) is 1.34. The van der Waals surface area contributed by atoms with Crippen LogP contribution in [0.1, 0.15) is 17.0 Å². The Morgan fingerprint density at radius 1 is 1.33 bits per heavy atom. The fourth-order valence-corrected chi connectivity index (χ4v) is 2.40. The summed E-state index contributed by atoms with van der Waals surface area (Å²) in [5.41, 5.74) is 8.74. The summed E-state index contributed by atoms with van der Waals surface area (Å²) in [6.07, 6.45) is 2.60. The Balaban J connectivity index is 1.68. The lowest BCUT2D eigenvalue weighted by Crippen LogP contribution is -2.40. The van der Waals surface area contributed by atoms with Crippen molar-refractivity contribution in [3.63, 3.8) is 0 Å². The fourth-order valence-electron chi connectivity index (χ4n) is 2.40. The molecule has 0 amide bonds. The average molecular weight is 282 g/mol. The number of pyridine rings is 2. The Bertz CT molecular complexity index is 640. The molecule has 2 aromatic heterocycles. The van der Waals surface area contributed by atoms with E-state index in [9.17, 15) is 0 Å². The highest BCUT2D eigenvalue weighted by Crippen LogP contribution is 2.19. The summed E-state index contributed by atoms with van der Waals surface area (Å²) >= 11 is 0. The Hall–Kier alpha value is -2.63. The number of fused-ring (bicyclic) bond motifs is 1. The van der Waals surface area contributed by atoms with Gasteiger partial charge in [-0.1, -0.05) is 12.1 Å². The van der Waals surface area contributed by atoms with Crippen molar-refractivity contribution < 1.29 is 0 Å². The van der Waals surface area contributed by atoms with Crippen LogP contribution in [0.15, 0.2) is 36.5 Å². The van der Waals surface area contributed by atoms with Crippen LogP contribution in [0.3, 0.4) is 0 Å². The van der Waals surface area contributed by atoms with Gasteiger partial charge in [-0.3, -0.25) is 10.4 Å². The number of nitrogens with two attached hydrogens (primary N) is 1. The van der Waals surface area contributed by atoms with Crippen LogP contribution in [0.2, 0.25) is 0 Å². The van der Waals surface area contributed by atoms with Crippen molar-refractivity contribution in [2.75, 3.05) is 11.9 Å². The van der Waals surface area contributed by atoms with Gasteiger partial charge in [-0.25, -0.2) is 4.98 Å². The van der Waals surface area contributed by atoms with Gasteiger partial charge in [0.1, 0.15) is 5.82 Å². The van der Waals surface area contributed by atoms with Crippen LogP contribution in [0.4, 0.5) is 5.82 Å². The molecular formula is C15H18N6. The van der Waals surface area contributed by atoms with Crippen LogP contribution in [0.25, 0.3) is 0 Å². The first-order valence-corrected chi connectivity index (χ1v) is 6.94. The molecule has 0 aromatic carbocycles. The molecule has 0 fully saturated rings. The number of nitrogens with zero attached hydrogens (tertiary/aromatic N) is 3. The molecule has 0 radical (unpaired) electrons. The van der Waals surface area contributed by atoms with Gasteiger partial charge in [0.2, 0.25) is 0 Å². The smallest absolute Gasteiger partial charge is 0.188 e. The second-order valence-corrected chi connectivity index (χ2v) is 5.03. The van der Waals surface area contributed by atoms with Crippen LogP contribution in [0.5, 0.6) is 0 Å². The molecule has 0 aliphatic carbocycles. The lowest BCUT2D eigenvalue weighted by Gasteiger charge is -2.28. The standard InChI is InChI=1S/C15H18N6/c16-15(17)21-8-6-13-11(10-21)4-5-14(20-13)19-9-12-3-1-2-7-18-12/h1-5,7H,6,8-10H2,(H3,16,17)(H,19,20). The first-order chi connectivity index (χ1) is 10.2. The van der Waals surface area contributed by atoms with Crippen molar-refractivity contribution in [2.24, 2.45) is 5.73 Å². The lowest BCUT2D eigenvalue weighted by atomic mass is 10.1. The van der Waals surface area contributed by atoms with Crippen LogP contribution < -0.4 is 11.1 Å². The number of rotatable bonds is 3. The number of hydrogen-bond donors (Lipinski definition) is 3. The maximum atomic E-state index is 7.50. The van der Waals surface area contributed by atoms with Crippen molar-refractivity contribution in [3.05, 3.63) is 53.5 Å². The molecule has 0 atom stereocenters. The van der Waals surface area contributed by atoms with Crippen LogP contribution in [-0.4, -0.2) is 27.4 Å². The largest absolute Gasteiger partial charge is 0.370 e. The average Bonchev–Trinajstić information content (AvgIpc) is 2.53. The Morgan fingerprint density at radius 3 is 3.00 bits per heavy atom. The van der Waals surface area contributed by atoms with E-state index < -0.39 is 0 Å². The minimum absolute atomic E-state index is 0.123. The fraction of sp³-hybridized carbons (Fsp3) is 0.267. The molecule has 1 aliphatic heterocycles. The van der Waals surface area contributed by atoms with Gasteiger partial charge in [0.15, 0.2) is 5.96 Å². The summed E-state index contributed by atoms with van der Waals surface area (Å²) in [4.78, 5) is 10.8. The van der Waals surface area contributed by atoms with Gasteiger partial charge in [-0.05, 0) is 23.8 Å². The highest BCUT2D eigenvalue weighted by Gasteiger charge is 2.18. The van der Waals surface area contributed by atoms with E-state index in [-0.39, 0.29) is 5.96 Å². The zero-order valence-corrected chi connectivity index (χ0v) is 11.7. The van der Waals surface area contributed by atoms with Crippen molar-refractivity contribution >= 4 is 11.8 Å². The second-order valence-electron chi connectivity index (χ2n) is 5.03. The van der Waals surface area contributed by atoms with Gasteiger partial charge in [-0.15, -0.1) is 0 Å². The molecule has 0 spiro atoms. The van der Waals surface area contributed by atoms with E-state index in [1.165, 1.54) is 0 Å². The summed E-state index contributed by atoms with van der Waals surface area (Å²) < 4.78 is 0. The molecule has 0 saturated heterocycles. The molecule has 3 heterocycles. The molecule has 6 nitrogen and oxygen atoms in total. The van der Waals surface area contributed by atoms with E-state index >= 15 is 0 Å². The molecule has 6 heteroatoms. The van der Waals surface area contributed by atoms with Gasteiger partial charge >= 0.3 is 0 Å². The van der Waals surface area contributed by atoms with Crippen molar-refractivity contribution in [1.82, 2.24) is 14.9 Å². The van der Waals surface area contributed by atoms with Crippen molar-refractivity contribution in [1.29, 1.82) is 5.41 Å². The van der Waals surface area contributed by atoms with E-state index in [0.29, 0.717) is 13.1 Å². The zero-order chi connectivity index (χ0) is 14.7. The third-order valence-corrected chi connectivity index (χ3v) is 3.57. The number of aromatic nitrogens is 2.